The number of nitrogens with one attached hydrogen (secondary N) is 1. The molecule has 1 unspecified atom stereocenters. The lowest BCUT2D eigenvalue weighted by Gasteiger charge is -2.31. The second-order valence-electron chi connectivity index (χ2n) is 8.98. The molecule has 0 bridgehead atoms. The Labute approximate surface area is 224 Å². The number of hydrogen-bond donors (Lipinski definition) is 1. The smallest absolute Gasteiger partial charge is 0.243 e. The van der Waals surface area contributed by atoms with E-state index in [1.54, 1.807) is 16.7 Å². The molecule has 0 aliphatic carbocycles. The highest BCUT2D eigenvalue weighted by molar-refractivity contribution is 7.99. The highest BCUT2D eigenvalue weighted by Crippen LogP contribution is 2.20. The van der Waals surface area contributed by atoms with E-state index in [-0.39, 0.29) is 11.8 Å². The summed E-state index contributed by atoms with van der Waals surface area (Å²) < 4.78 is 0. The Bertz CT molecular complexity index is 1120. The third-order valence-corrected chi connectivity index (χ3v) is 7.14. The van der Waals surface area contributed by atoms with E-state index >= 15 is 0 Å². The quantitative estimate of drug-likeness (QED) is 0.263. The lowest BCUT2D eigenvalue weighted by molar-refractivity contribution is -0.139. The molecule has 0 saturated carbocycles. The van der Waals surface area contributed by atoms with Gasteiger partial charge in [-0.15, -0.1) is 11.8 Å². The Morgan fingerprint density at radius 1 is 0.944 bits per heavy atom. The molecule has 0 aliphatic heterocycles. The van der Waals surface area contributed by atoms with E-state index in [1.165, 1.54) is 11.1 Å². The van der Waals surface area contributed by atoms with Gasteiger partial charge in [-0.2, -0.15) is 0 Å². The van der Waals surface area contributed by atoms with Crippen LogP contribution in [-0.4, -0.2) is 35.1 Å². The Kier molecular flexibility index (Phi) is 11.4. The van der Waals surface area contributed by atoms with E-state index in [1.807, 2.05) is 60.7 Å². The zero-order valence-electron chi connectivity index (χ0n) is 21.1. The maximum atomic E-state index is 13.6. The van der Waals surface area contributed by atoms with Gasteiger partial charge in [0, 0.05) is 30.3 Å². The van der Waals surface area contributed by atoms with Gasteiger partial charge in [-0.3, -0.25) is 9.59 Å². The predicted molar refractivity (Wildman–Crippen MR) is 151 cm³/mol. The molecule has 0 radical (unpaired) electrons. The first-order valence-corrected chi connectivity index (χ1v) is 14.0. The molecule has 0 spiro atoms. The maximum Gasteiger partial charge on any atom is 0.243 e. The molecule has 0 heterocycles. The highest BCUT2D eigenvalue weighted by Gasteiger charge is 2.30. The SMILES string of the molecule is CCCCNC(=O)C(Cc1ccccc1)N(Cc1cccc(Cl)c1)C(=O)CSCc1cccc(C)c1. The lowest BCUT2D eigenvalue weighted by Crippen LogP contribution is -2.51. The van der Waals surface area contributed by atoms with E-state index in [4.69, 9.17) is 11.6 Å². The van der Waals surface area contributed by atoms with Gasteiger partial charge in [0.15, 0.2) is 0 Å². The third kappa shape index (κ3) is 9.03. The molecule has 0 fully saturated rings. The molecule has 2 amide bonds. The van der Waals surface area contributed by atoms with E-state index < -0.39 is 6.04 Å². The minimum atomic E-state index is -0.615. The summed E-state index contributed by atoms with van der Waals surface area (Å²) in [7, 11) is 0. The highest BCUT2D eigenvalue weighted by atomic mass is 35.5. The first-order chi connectivity index (χ1) is 17.5. The van der Waals surface area contributed by atoms with Crippen molar-refractivity contribution < 1.29 is 9.59 Å². The monoisotopic (exact) mass is 522 g/mol. The number of nitrogens with zero attached hydrogens (tertiary/aromatic N) is 1. The van der Waals surface area contributed by atoms with E-state index in [2.05, 4.69) is 37.4 Å². The molecular formula is C30H35ClN2O2S. The van der Waals surface area contributed by atoms with Crippen molar-refractivity contribution in [1.29, 1.82) is 0 Å². The molecular weight excluding hydrogens is 488 g/mol. The van der Waals surface area contributed by atoms with Crippen molar-refractivity contribution in [2.24, 2.45) is 0 Å². The Morgan fingerprint density at radius 3 is 2.39 bits per heavy atom. The fraction of sp³-hybridized carbons (Fsp3) is 0.333. The third-order valence-electron chi connectivity index (χ3n) is 5.92. The van der Waals surface area contributed by atoms with Crippen LogP contribution in [0.4, 0.5) is 0 Å². The molecule has 190 valence electrons. The Morgan fingerprint density at radius 2 is 1.67 bits per heavy atom. The number of amides is 2. The lowest BCUT2D eigenvalue weighted by atomic mass is 10.0. The number of aryl methyl sites for hydroxylation is 1. The molecule has 3 aromatic rings. The van der Waals surface area contributed by atoms with Gasteiger partial charge < -0.3 is 10.2 Å². The van der Waals surface area contributed by atoms with Crippen molar-refractivity contribution in [2.75, 3.05) is 12.3 Å². The number of thioether (sulfide) groups is 1. The molecule has 3 rings (SSSR count). The molecule has 1 atom stereocenters. The zero-order chi connectivity index (χ0) is 25.8. The van der Waals surface area contributed by atoms with Crippen LogP contribution in [0, 0.1) is 6.92 Å². The average Bonchev–Trinajstić information content (AvgIpc) is 2.87. The Balaban J connectivity index is 1.83. The van der Waals surface area contributed by atoms with Gasteiger partial charge in [0.25, 0.3) is 0 Å². The summed E-state index contributed by atoms with van der Waals surface area (Å²) in [5, 5.41) is 3.67. The molecule has 6 heteroatoms. The summed E-state index contributed by atoms with van der Waals surface area (Å²) >= 11 is 7.81. The van der Waals surface area contributed by atoms with Gasteiger partial charge in [-0.1, -0.05) is 97.2 Å². The summed E-state index contributed by atoms with van der Waals surface area (Å²) in [6, 6.07) is 25.1. The average molecular weight is 523 g/mol. The van der Waals surface area contributed by atoms with Crippen LogP contribution in [0.5, 0.6) is 0 Å². The minimum Gasteiger partial charge on any atom is -0.354 e. The van der Waals surface area contributed by atoms with Crippen LogP contribution in [0.2, 0.25) is 5.02 Å². The number of hydrogen-bond acceptors (Lipinski definition) is 3. The van der Waals surface area contributed by atoms with Crippen molar-refractivity contribution >= 4 is 35.2 Å². The number of benzene rings is 3. The number of carbonyl (C=O) groups is 2. The van der Waals surface area contributed by atoms with Crippen LogP contribution in [0.15, 0.2) is 78.9 Å². The van der Waals surface area contributed by atoms with E-state index in [9.17, 15) is 9.59 Å². The first-order valence-electron chi connectivity index (χ1n) is 12.4. The number of rotatable bonds is 13. The molecule has 0 saturated heterocycles. The summed E-state index contributed by atoms with van der Waals surface area (Å²) in [5.74, 6) is 0.859. The second kappa shape index (κ2) is 14.7. The van der Waals surface area contributed by atoms with Crippen LogP contribution >= 0.6 is 23.4 Å². The first kappa shape index (κ1) is 27.8. The summed E-state index contributed by atoms with van der Waals surface area (Å²) in [6.07, 6.45) is 2.34. The summed E-state index contributed by atoms with van der Waals surface area (Å²) in [4.78, 5) is 28.8. The molecule has 3 aromatic carbocycles. The largest absolute Gasteiger partial charge is 0.354 e. The molecule has 4 nitrogen and oxygen atoms in total. The summed E-state index contributed by atoms with van der Waals surface area (Å²) in [6.45, 7) is 5.08. The van der Waals surface area contributed by atoms with Crippen LogP contribution in [0.25, 0.3) is 0 Å². The molecule has 0 aromatic heterocycles. The standard InChI is InChI=1S/C30H35ClN2O2S/c1-3-4-16-32-30(35)28(19-24-11-6-5-7-12-24)33(20-25-13-9-15-27(31)18-25)29(34)22-36-21-26-14-8-10-23(2)17-26/h5-15,17-18,28H,3-4,16,19-22H2,1-2H3,(H,32,35). The predicted octanol–water partition coefficient (Wildman–Crippen LogP) is 6.44. The topological polar surface area (TPSA) is 49.4 Å². The van der Waals surface area contributed by atoms with Crippen molar-refractivity contribution in [2.45, 2.75) is 51.4 Å². The maximum absolute atomic E-state index is 13.6. The van der Waals surface area contributed by atoms with Gasteiger partial charge >= 0.3 is 0 Å². The fourth-order valence-electron chi connectivity index (χ4n) is 4.03. The number of carbonyl (C=O) groups excluding carboxylic acids is 2. The van der Waals surface area contributed by atoms with Crippen molar-refractivity contribution in [1.82, 2.24) is 10.2 Å². The van der Waals surface area contributed by atoms with Crippen LogP contribution < -0.4 is 5.32 Å². The van der Waals surface area contributed by atoms with E-state index in [0.717, 1.165) is 29.7 Å². The van der Waals surface area contributed by atoms with Crippen molar-refractivity contribution in [3.8, 4) is 0 Å². The van der Waals surface area contributed by atoms with Gasteiger partial charge in [-0.25, -0.2) is 0 Å². The zero-order valence-corrected chi connectivity index (χ0v) is 22.7. The van der Waals surface area contributed by atoms with Crippen molar-refractivity contribution in [3.05, 3.63) is 106 Å². The van der Waals surface area contributed by atoms with E-state index in [0.29, 0.717) is 30.3 Å². The van der Waals surface area contributed by atoms with Gasteiger partial charge in [0.1, 0.15) is 6.04 Å². The van der Waals surface area contributed by atoms with Gasteiger partial charge in [0.05, 0.1) is 5.75 Å². The molecule has 0 aliphatic rings. The summed E-state index contributed by atoms with van der Waals surface area (Å²) in [5.41, 5.74) is 4.31. The second-order valence-corrected chi connectivity index (χ2v) is 10.4. The van der Waals surface area contributed by atoms with Crippen LogP contribution in [0.3, 0.4) is 0 Å². The molecule has 36 heavy (non-hydrogen) atoms. The van der Waals surface area contributed by atoms with Gasteiger partial charge in [0.2, 0.25) is 11.8 Å². The number of halogens is 1. The van der Waals surface area contributed by atoms with Crippen LogP contribution in [-0.2, 0) is 28.3 Å². The van der Waals surface area contributed by atoms with Gasteiger partial charge in [-0.05, 0) is 42.2 Å². The number of unbranched alkanes of at least 4 members (excludes halogenated alkanes) is 1. The fourth-order valence-corrected chi connectivity index (χ4v) is 5.10. The minimum absolute atomic E-state index is 0.0563. The Hall–Kier alpha value is -2.76. The van der Waals surface area contributed by atoms with Crippen molar-refractivity contribution in [3.63, 3.8) is 0 Å². The van der Waals surface area contributed by atoms with Crippen LogP contribution in [0.1, 0.15) is 42.0 Å². The normalized spacial score (nSPS) is 11.6. The molecule has 1 N–H and O–H groups in total.